The van der Waals surface area contributed by atoms with Gasteiger partial charge in [0.25, 0.3) is 0 Å². The molecule has 2 N–H and O–H groups in total. The van der Waals surface area contributed by atoms with E-state index in [-0.39, 0.29) is 12.6 Å². The van der Waals surface area contributed by atoms with Crippen LogP contribution in [0.5, 0.6) is 5.75 Å². The number of hydrogen-bond donors (Lipinski definition) is 2. The summed E-state index contributed by atoms with van der Waals surface area (Å²) in [5.41, 5.74) is 0.997. The van der Waals surface area contributed by atoms with Crippen molar-refractivity contribution in [1.29, 1.82) is 0 Å². The van der Waals surface area contributed by atoms with Crippen LogP contribution in [0.1, 0.15) is 18.4 Å². The Bertz CT molecular complexity index is 1030. The van der Waals surface area contributed by atoms with E-state index in [0.717, 1.165) is 41.5 Å². The third-order valence-electron chi connectivity index (χ3n) is 5.26. The summed E-state index contributed by atoms with van der Waals surface area (Å²) >= 11 is 12.5. The van der Waals surface area contributed by atoms with Gasteiger partial charge in [0.1, 0.15) is 5.75 Å². The predicted octanol–water partition coefficient (Wildman–Crippen LogP) is 4.52. The molecule has 4 rings (SSSR count). The van der Waals surface area contributed by atoms with Gasteiger partial charge in [-0.25, -0.2) is 0 Å². The van der Waals surface area contributed by atoms with E-state index in [0.29, 0.717) is 28.2 Å². The summed E-state index contributed by atoms with van der Waals surface area (Å²) in [5.74, 6) is 2.07. The number of methoxy groups -OCH3 is 1. The van der Waals surface area contributed by atoms with Crippen molar-refractivity contribution in [3.05, 3.63) is 52.0 Å². The molecule has 1 fully saturated rings. The van der Waals surface area contributed by atoms with Crippen LogP contribution in [0.2, 0.25) is 10.0 Å². The summed E-state index contributed by atoms with van der Waals surface area (Å²) in [6.07, 6.45) is 1.98. The van der Waals surface area contributed by atoms with E-state index in [1.54, 1.807) is 7.11 Å². The summed E-state index contributed by atoms with van der Waals surface area (Å²) in [5, 5.41) is 25.0. The molecule has 0 unspecified atom stereocenters. The van der Waals surface area contributed by atoms with Crippen molar-refractivity contribution in [3.63, 3.8) is 0 Å². The van der Waals surface area contributed by atoms with Crippen LogP contribution in [-0.4, -0.2) is 41.6 Å². The molecule has 2 heterocycles. The fourth-order valence-electron chi connectivity index (χ4n) is 3.77. The first-order valence-corrected chi connectivity index (χ1v) is 10.3. The fourth-order valence-corrected chi connectivity index (χ4v) is 4.22. The fraction of sp³-hybridized carbons (Fsp3) is 0.333. The number of nitrogens with one attached hydrogen (secondary N) is 1. The highest BCUT2D eigenvalue weighted by Crippen LogP contribution is 2.34. The number of anilines is 2. The van der Waals surface area contributed by atoms with Crippen molar-refractivity contribution in [2.24, 2.45) is 0 Å². The molecule has 0 amide bonds. The highest BCUT2D eigenvalue weighted by atomic mass is 35.5. The van der Waals surface area contributed by atoms with Crippen LogP contribution in [-0.2, 0) is 6.54 Å². The number of halogens is 2. The minimum Gasteiger partial charge on any atom is -0.495 e. The van der Waals surface area contributed by atoms with Crippen LogP contribution in [0.4, 0.5) is 11.6 Å². The average Bonchev–Trinajstić information content (AvgIpc) is 3.20. The smallest absolute Gasteiger partial charge is 0.159 e. The van der Waals surface area contributed by atoms with Crippen molar-refractivity contribution < 1.29 is 9.84 Å². The van der Waals surface area contributed by atoms with Gasteiger partial charge in [-0.2, -0.15) is 0 Å². The number of aromatic nitrogens is 2. The molecule has 1 atom stereocenters. The molecular formula is C21H22Cl2N4O2. The van der Waals surface area contributed by atoms with Gasteiger partial charge in [0.2, 0.25) is 0 Å². The van der Waals surface area contributed by atoms with Gasteiger partial charge in [-0.15, -0.1) is 10.2 Å². The predicted molar refractivity (Wildman–Crippen MR) is 117 cm³/mol. The van der Waals surface area contributed by atoms with Crippen LogP contribution >= 0.6 is 23.2 Å². The number of benzene rings is 2. The SMILES string of the molecule is COc1ccc(CNc2nnc(N3CCC[C@@H]3CO)c3ccc(Cl)cc23)cc1Cl. The maximum Gasteiger partial charge on any atom is 0.159 e. The zero-order valence-electron chi connectivity index (χ0n) is 16.0. The third-order valence-corrected chi connectivity index (χ3v) is 5.79. The third kappa shape index (κ3) is 4.06. The van der Waals surface area contributed by atoms with Crippen LogP contribution in [0.3, 0.4) is 0 Å². The monoisotopic (exact) mass is 432 g/mol. The molecule has 1 aliphatic heterocycles. The lowest BCUT2D eigenvalue weighted by Crippen LogP contribution is -2.33. The van der Waals surface area contributed by atoms with Gasteiger partial charge >= 0.3 is 0 Å². The largest absolute Gasteiger partial charge is 0.495 e. The maximum atomic E-state index is 9.70. The standard InChI is InChI=1S/C21H22Cl2N4O2/c1-29-19-7-4-13(9-18(19)23)11-24-20-17-10-14(22)5-6-16(17)21(26-25-20)27-8-2-3-15(27)12-28/h4-7,9-10,15,28H,2-3,8,11-12H2,1H3,(H,24,25)/t15-/m1/s1. The minimum absolute atomic E-state index is 0.0726. The molecule has 152 valence electrons. The van der Waals surface area contributed by atoms with Crippen molar-refractivity contribution >= 4 is 45.6 Å². The molecule has 29 heavy (non-hydrogen) atoms. The van der Waals surface area contributed by atoms with Crippen molar-refractivity contribution in [2.75, 3.05) is 30.5 Å². The van der Waals surface area contributed by atoms with Crippen LogP contribution in [0.15, 0.2) is 36.4 Å². The van der Waals surface area contributed by atoms with E-state index in [4.69, 9.17) is 27.9 Å². The number of hydrogen-bond acceptors (Lipinski definition) is 6. The molecule has 1 aliphatic rings. The van der Waals surface area contributed by atoms with Crippen molar-refractivity contribution in [1.82, 2.24) is 10.2 Å². The minimum atomic E-state index is 0.0726. The Hall–Kier alpha value is -2.28. The Morgan fingerprint density at radius 1 is 1.17 bits per heavy atom. The molecule has 8 heteroatoms. The first kappa shape index (κ1) is 20.0. The second-order valence-corrected chi connectivity index (χ2v) is 7.90. The van der Waals surface area contributed by atoms with Crippen LogP contribution < -0.4 is 15.0 Å². The van der Waals surface area contributed by atoms with Gasteiger partial charge in [0, 0.05) is 28.9 Å². The highest BCUT2D eigenvalue weighted by molar-refractivity contribution is 6.32. The molecule has 0 bridgehead atoms. The van der Waals surface area contributed by atoms with Crippen molar-refractivity contribution in [2.45, 2.75) is 25.4 Å². The number of fused-ring (bicyclic) bond motifs is 1. The summed E-state index contributed by atoms with van der Waals surface area (Å²) in [6.45, 7) is 1.49. The van der Waals surface area contributed by atoms with E-state index in [1.165, 1.54) is 0 Å². The van der Waals surface area contributed by atoms with Gasteiger partial charge in [0.15, 0.2) is 11.6 Å². The molecular weight excluding hydrogens is 411 g/mol. The maximum absolute atomic E-state index is 9.70. The summed E-state index contributed by atoms with van der Waals surface area (Å²) in [6, 6.07) is 11.4. The number of aliphatic hydroxyl groups is 1. The molecule has 2 aromatic carbocycles. The number of nitrogens with zero attached hydrogens (tertiary/aromatic N) is 3. The summed E-state index contributed by atoms with van der Waals surface area (Å²) in [7, 11) is 1.59. The molecule has 3 aromatic rings. The number of ether oxygens (including phenoxy) is 1. The molecule has 0 radical (unpaired) electrons. The van der Waals surface area contributed by atoms with Gasteiger partial charge in [0.05, 0.1) is 24.8 Å². The molecule has 1 aromatic heterocycles. The van der Waals surface area contributed by atoms with E-state index < -0.39 is 0 Å². The van der Waals surface area contributed by atoms with Crippen LogP contribution in [0, 0.1) is 0 Å². The Kier molecular flexibility index (Phi) is 5.94. The van der Waals surface area contributed by atoms with Crippen LogP contribution in [0.25, 0.3) is 10.8 Å². The van der Waals surface area contributed by atoms with Gasteiger partial charge in [-0.3, -0.25) is 0 Å². The lowest BCUT2D eigenvalue weighted by atomic mass is 10.1. The lowest BCUT2D eigenvalue weighted by Gasteiger charge is -2.25. The van der Waals surface area contributed by atoms with E-state index in [1.807, 2.05) is 36.4 Å². The molecule has 0 aliphatic carbocycles. The van der Waals surface area contributed by atoms with Gasteiger partial charge in [-0.1, -0.05) is 29.3 Å². The highest BCUT2D eigenvalue weighted by Gasteiger charge is 2.27. The molecule has 1 saturated heterocycles. The van der Waals surface area contributed by atoms with E-state index in [2.05, 4.69) is 20.4 Å². The topological polar surface area (TPSA) is 70.5 Å². The Morgan fingerprint density at radius 3 is 2.79 bits per heavy atom. The van der Waals surface area contributed by atoms with E-state index >= 15 is 0 Å². The number of aliphatic hydroxyl groups excluding tert-OH is 1. The second-order valence-electron chi connectivity index (χ2n) is 7.06. The summed E-state index contributed by atoms with van der Waals surface area (Å²) < 4.78 is 5.20. The van der Waals surface area contributed by atoms with Gasteiger partial charge in [-0.05, 0) is 48.7 Å². The molecule has 6 nitrogen and oxygen atoms in total. The first-order valence-electron chi connectivity index (χ1n) is 9.50. The first-order chi connectivity index (χ1) is 14.1. The Balaban J connectivity index is 1.66. The zero-order chi connectivity index (χ0) is 20.4. The molecule has 0 spiro atoms. The normalized spacial score (nSPS) is 16.4. The average molecular weight is 433 g/mol. The number of rotatable bonds is 6. The van der Waals surface area contributed by atoms with E-state index in [9.17, 15) is 5.11 Å². The zero-order valence-corrected chi connectivity index (χ0v) is 17.5. The Labute approximate surface area is 179 Å². The van der Waals surface area contributed by atoms with Crippen molar-refractivity contribution in [3.8, 4) is 5.75 Å². The van der Waals surface area contributed by atoms with Gasteiger partial charge < -0.3 is 20.1 Å². The lowest BCUT2D eigenvalue weighted by molar-refractivity contribution is 0.266. The Morgan fingerprint density at radius 2 is 2.03 bits per heavy atom. The summed E-state index contributed by atoms with van der Waals surface area (Å²) in [4.78, 5) is 2.14. The quantitative estimate of drug-likeness (QED) is 0.596. The molecule has 0 saturated carbocycles. The second kappa shape index (κ2) is 8.61.